The van der Waals surface area contributed by atoms with Crippen molar-refractivity contribution in [2.75, 3.05) is 6.61 Å². The number of hydrogen-bond donors (Lipinski definition) is 3. The summed E-state index contributed by atoms with van der Waals surface area (Å²) in [6.45, 7) is -0.297. The van der Waals surface area contributed by atoms with Crippen molar-refractivity contribution in [3.8, 4) is 0 Å². The van der Waals surface area contributed by atoms with Crippen molar-refractivity contribution < 1.29 is 14.9 Å². The van der Waals surface area contributed by atoms with Gasteiger partial charge >= 0.3 is 0 Å². The second kappa shape index (κ2) is 3.93. The van der Waals surface area contributed by atoms with E-state index in [9.17, 15) is 9.90 Å². The van der Waals surface area contributed by atoms with E-state index in [1.807, 2.05) is 0 Å². The Morgan fingerprint density at radius 1 is 1.50 bits per heavy atom. The number of aliphatic hydroxyl groups excluding tert-OH is 2. The summed E-state index contributed by atoms with van der Waals surface area (Å²) in [5.74, 6) is 0.277. The highest BCUT2D eigenvalue weighted by Crippen LogP contribution is 2.27. The van der Waals surface area contributed by atoms with Gasteiger partial charge in [0, 0.05) is 0 Å². The van der Waals surface area contributed by atoms with Gasteiger partial charge in [0.1, 0.15) is 24.8 Å². The highest BCUT2D eigenvalue weighted by atomic mass is 16.5. The van der Waals surface area contributed by atoms with E-state index in [0.717, 1.165) is 0 Å². The van der Waals surface area contributed by atoms with E-state index < -0.39 is 12.3 Å². The molecule has 0 radical (unpaired) electrons. The molecule has 1 aliphatic heterocycles. The van der Waals surface area contributed by atoms with E-state index >= 15 is 0 Å². The maximum Gasteiger partial charge on any atom is 0.278 e. The van der Waals surface area contributed by atoms with Gasteiger partial charge in [-0.1, -0.05) is 0 Å². The molecular formula is C10H10N4O4. The van der Waals surface area contributed by atoms with Crippen LogP contribution in [0.25, 0.3) is 11.2 Å². The molecule has 0 unspecified atom stereocenters. The third-order valence-electron chi connectivity index (χ3n) is 2.72. The van der Waals surface area contributed by atoms with E-state index in [2.05, 4.69) is 15.0 Å². The molecule has 0 spiro atoms. The number of rotatable bonds is 2. The Morgan fingerprint density at radius 2 is 2.33 bits per heavy atom. The van der Waals surface area contributed by atoms with Crippen molar-refractivity contribution in [1.29, 1.82) is 0 Å². The average molecular weight is 250 g/mol. The van der Waals surface area contributed by atoms with Gasteiger partial charge in [-0.25, -0.2) is 9.97 Å². The van der Waals surface area contributed by atoms with Crippen molar-refractivity contribution in [1.82, 2.24) is 19.5 Å². The molecule has 0 saturated heterocycles. The van der Waals surface area contributed by atoms with Gasteiger partial charge < -0.3 is 19.9 Å². The molecule has 0 aliphatic carbocycles. The van der Waals surface area contributed by atoms with Gasteiger partial charge in [-0.3, -0.25) is 9.36 Å². The summed E-state index contributed by atoms with van der Waals surface area (Å²) in [4.78, 5) is 21.8. The van der Waals surface area contributed by atoms with Crippen LogP contribution in [0.3, 0.4) is 0 Å². The molecule has 8 heteroatoms. The number of aliphatic hydroxyl groups is 2. The molecule has 0 bridgehead atoms. The first-order valence-corrected chi connectivity index (χ1v) is 5.27. The van der Waals surface area contributed by atoms with Gasteiger partial charge in [0.2, 0.25) is 6.23 Å². The average Bonchev–Trinajstić information content (AvgIpc) is 2.93. The highest BCUT2D eigenvalue weighted by molar-refractivity contribution is 5.68. The smallest absolute Gasteiger partial charge is 0.278 e. The molecule has 3 rings (SSSR count). The monoisotopic (exact) mass is 250 g/mol. The summed E-state index contributed by atoms with van der Waals surface area (Å²) < 4.78 is 6.80. The fraction of sp³-hybridized carbons (Fsp3) is 0.300. The first-order valence-electron chi connectivity index (χ1n) is 5.27. The Kier molecular flexibility index (Phi) is 2.39. The van der Waals surface area contributed by atoms with Crippen molar-refractivity contribution in [3.05, 3.63) is 34.8 Å². The molecule has 0 aromatic carbocycles. The zero-order chi connectivity index (χ0) is 12.7. The van der Waals surface area contributed by atoms with E-state index in [0.29, 0.717) is 5.65 Å². The predicted molar refractivity (Wildman–Crippen MR) is 59.4 cm³/mol. The summed E-state index contributed by atoms with van der Waals surface area (Å²) in [6.07, 6.45) is 2.33. The first-order chi connectivity index (χ1) is 8.70. The summed E-state index contributed by atoms with van der Waals surface area (Å²) in [7, 11) is 0. The van der Waals surface area contributed by atoms with Crippen molar-refractivity contribution in [2.24, 2.45) is 0 Å². The minimum atomic E-state index is -0.925. The second-order valence-electron chi connectivity index (χ2n) is 3.85. The lowest BCUT2D eigenvalue weighted by molar-refractivity contribution is -0.00501. The summed E-state index contributed by atoms with van der Waals surface area (Å²) in [6, 6.07) is 0. The van der Waals surface area contributed by atoms with Crippen molar-refractivity contribution in [2.45, 2.75) is 12.3 Å². The van der Waals surface area contributed by atoms with Crippen LogP contribution < -0.4 is 5.56 Å². The molecule has 8 nitrogen and oxygen atoms in total. The summed E-state index contributed by atoms with van der Waals surface area (Å²) in [5.41, 5.74) is 0.128. The third-order valence-corrected chi connectivity index (χ3v) is 2.72. The standard InChI is InChI=1S/C10H10N4O4/c15-2-5-1-6(16)10(18-5)14-4-13-7-8(14)11-3-12-9(7)17/h1,3-4,6,10,15-16H,2H2,(H,11,12,17)/t6-,10-/m1/s1. The Labute approximate surface area is 100 Å². The first kappa shape index (κ1) is 10.9. The molecule has 0 saturated carbocycles. The minimum absolute atomic E-state index is 0.172. The maximum absolute atomic E-state index is 11.5. The Morgan fingerprint density at radius 3 is 3.06 bits per heavy atom. The van der Waals surface area contributed by atoms with Crippen LogP contribution in [0.15, 0.2) is 29.3 Å². The van der Waals surface area contributed by atoms with Crippen LogP contribution in [0.4, 0.5) is 0 Å². The lowest BCUT2D eigenvalue weighted by Gasteiger charge is -2.17. The number of H-pyrrole nitrogens is 1. The molecule has 3 N–H and O–H groups in total. The number of fused-ring (bicyclic) bond motifs is 1. The van der Waals surface area contributed by atoms with Crippen molar-refractivity contribution >= 4 is 11.2 Å². The lowest BCUT2D eigenvalue weighted by atomic mass is 10.3. The molecule has 2 aromatic rings. The molecule has 18 heavy (non-hydrogen) atoms. The number of hydrogen-bond acceptors (Lipinski definition) is 6. The molecular weight excluding hydrogens is 240 g/mol. The van der Waals surface area contributed by atoms with Crippen LogP contribution in [0, 0.1) is 0 Å². The van der Waals surface area contributed by atoms with E-state index in [4.69, 9.17) is 9.84 Å². The lowest BCUT2D eigenvalue weighted by Crippen LogP contribution is -2.20. The van der Waals surface area contributed by atoms with Crippen LogP contribution in [-0.4, -0.2) is 42.4 Å². The number of nitrogens with one attached hydrogen (secondary N) is 1. The quantitative estimate of drug-likeness (QED) is 0.622. The Bertz CT molecular complexity index is 674. The summed E-state index contributed by atoms with van der Waals surface area (Å²) >= 11 is 0. The number of imidazole rings is 1. The normalized spacial score (nSPS) is 23.1. The largest absolute Gasteiger partial charge is 0.469 e. The van der Waals surface area contributed by atoms with Gasteiger partial charge in [0.25, 0.3) is 5.56 Å². The van der Waals surface area contributed by atoms with Gasteiger partial charge in [0.15, 0.2) is 11.2 Å². The van der Waals surface area contributed by atoms with Gasteiger partial charge in [0.05, 0.1) is 6.33 Å². The maximum atomic E-state index is 11.5. The van der Waals surface area contributed by atoms with Gasteiger partial charge in [-0.05, 0) is 6.08 Å². The Balaban J connectivity index is 2.07. The highest BCUT2D eigenvalue weighted by Gasteiger charge is 2.30. The zero-order valence-electron chi connectivity index (χ0n) is 9.15. The van der Waals surface area contributed by atoms with Gasteiger partial charge in [-0.2, -0.15) is 0 Å². The zero-order valence-corrected chi connectivity index (χ0v) is 9.15. The molecule has 2 aromatic heterocycles. The fourth-order valence-corrected chi connectivity index (χ4v) is 1.90. The van der Waals surface area contributed by atoms with Crippen LogP contribution in [0.2, 0.25) is 0 Å². The SMILES string of the molecule is O=c1[nH]cnc2c1ncn2[C@@H]1OC(CO)=C[C@H]1O. The number of aromatic nitrogens is 4. The Hall–Kier alpha value is -2.19. The molecule has 2 atom stereocenters. The molecule has 0 amide bonds. The van der Waals surface area contributed by atoms with E-state index in [1.54, 1.807) is 0 Å². The third kappa shape index (κ3) is 1.50. The topological polar surface area (TPSA) is 113 Å². The minimum Gasteiger partial charge on any atom is -0.469 e. The van der Waals surface area contributed by atoms with Crippen LogP contribution in [0.1, 0.15) is 6.23 Å². The number of ether oxygens (including phenoxy) is 1. The fourth-order valence-electron chi connectivity index (χ4n) is 1.90. The summed E-state index contributed by atoms with van der Waals surface area (Å²) in [5, 5.41) is 18.8. The van der Waals surface area contributed by atoms with Crippen LogP contribution in [-0.2, 0) is 4.74 Å². The molecule has 3 heterocycles. The second-order valence-corrected chi connectivity index (χ2v) is 3.85. The predicted octanol–water partition coefficient (Wildman–Crippen LogP) is -1.11. The van der Waals surface area contributed by atoms with Crippen LogP contribution >= 0.6 is 0 Å². The van der Waals surface area contributed by atoms with Crippen molar-refractivity contribution in [3.63, 3.8) is 0 Å². The molecule has 1 aliphatic rings. The molecule has 94 valence electrons. The van der Waals surface area contributed by atoms with Crippen LogP contribution in [0.5, 0.6) is 0 Å². The number of nitrogens with zero attached hydrogens (tertiary/aromatic N) is 3. The van der Waals surface area contributed by atoms with E-state index in [1.165, 1.54) is 23.3 Å². The van der Waals surface area contributed by atoms with E-state index in [-0.39, 0.29) is 23.4 Å². The van der Waals surface area contributed by atoms with Gasteiger partial charge in [-0.15, -0.1) is 0 Å². The number of aromatic amines is 1. The molecule has 0 fully saturated rings.